The molecule has 8 heteroatoms. The van der Waals surface area contributed by atoms with E-state index in [1.807, 2.05) is 0 Å². The van der Waals surface area contributed by atoms with Gasteiger partial charge in [0.05, 0.1) is 23.2 Å². The van der Waals surface area contributed by atoms with Crippen LogP contribution >= 0.6 is 0 Å². The van der Waals surface area contributed by atoms with E-state index in [2.05, 4.69) is 20.7 Å². The molecule has 3 heterocycles. The second-order valence-corrected chi connectivity index (χ2v) is 7.24. The van der Waals surface area contributed by atoms with Crippen LogP contribution in [0.3, 0.4) is 0 Å². The molecule has 1 aromatic carbocycles. The first-order valence-electron chi connectivity index (χ1n) is 9.52. The highest BCUT2D eigenvalue weighted by molar-refractivity contribution is 5.97. The first-order chi connectivity index (χ1) is 14.1. The molecule has 2 aromatic rings. The van der Waals surface area contributed by atoms with Gasteiger partial charge in [0.25, 0.3) is 5.91 Å². The fraction of sp³-hybridized carbons (Fsp3) is 0.381. The molecule has 6 nitrogen and oxygen atoms in total. The normalized spacial score (nSPS) is 21.0. The largest absolute Gasteiger partial charge is 0.434 e. The molecule has 0 saturated carbocycles. The summed E-state index contributed by atoms with van der Waals surface area (Å²) in [5.74, 6) is 0.734. The van der Waals surface area contributed by atoms with Gasteiger partial charge in [-0.05, 0) is 43.0 Å². The van der Waals surface area contributed by atoms with Gasteiger partial charge in [0.2, 0.25) is 0 Å². The van der Waals surface area contributed by atoms with Gasteiger partial charge in [-0.3, -0.25) is 4.79 Å². The number of hydrogen-bond donors (Lipinski definition) is 0. The third-order valence-corrected chi connectivity index (χ3v) is 5.65. The zero-order valence-corrected chi connectivity index (χ0v) is 15.7. The minimum Gasteiger partial charge on any atom is -0.434 e. The van der Waals surface area contributed by atoms with Crippen molar-refractivity contribution in [2.45, 2.75) is 25.5 Å². The quantitative estimate of drug-likeness (QED) is 0.791. The van der Waals surface area contributed by atoms with Crippen LogP contribution in [0.25, 0.3) is 0 Å². The Kier molecular flexibility index (Phi) is 5.30. The molecule has 2 atom stereocenters. The predicted octanol–water partition coefficient (Wildman–Crippen LogP) is 3.30. The lowest BCUT2D eigenvalue weighted by Gasteiger charge is -2.39. The van der Waals surface area contributed by atoms with Gasteiger partial charge in [-0.25, -0.2) is 4.98 Å². The van der Waals surface area contributed by atoms with Crippen molar-refractivity contribution in [3.63, 3.8) is 0 Å². The van der Waals surface area contributed by atoms with Gasteiger partial charge in [-0.15, -0.1) is 0 Å². The predicted molar refractivity (Wildman–Crippen MR) is 102 cm³/mol. The van der Waals surface area contributed by atoms with E-state index in [0.29, 0.717) is 24.6 Å². The number of likely N-dealkylation sites (tertiary alicyclic amines) is 1. The van der Waals surface area contributed by atoms with Crippen molar-refractivity contribution in [3.8, 4) is 11.8 Å². The van der Waals surface area contributed by atoms with Gasteiger partial charge in [0, 0.05) is 25.8 Å². The van der Waals surface area contributed by atoms with Gasteiger partial charge >= 0.3 is 6.61 Å². The Morgan fingerprint density at radius 2 is 2.03 bits per heavy atom. The molecule has 0 aliphatic carbocycles. The van der Waals surface area contributed by atoms with Crippen LogP contribution in [0.4, 0.5) is 14.6 Å². The van der Waals surface area contributed by atoms with E-state index < -0.39 is 6.61 Å². The molecule has 150 valence electrons. The lowest BCUT2D eigenvalue weighted by molar-refractivity contribution is -0.0503. The Labute approximate surface area is 167 Å². The van der Waals surface area contributed by atoms with Gasteiger partial charge in [0.15, 0.2) is 0 Å². The number of anilines is 1. The van der Waals surface area contributed by atoms with Crippen molar-refractivity contribution in [3.05, 3.63) is 53.7 Å². The number of rotatable bonds is 4. The topological polar surface area (TPSA) is 69.5 Å². The minimum atomic E-state index is -2.99. The van der Waals surface area contributed by atoms with Crippen LogP contribution in [-0.2, 0) is 0 Å². The summed E-state index contributed by atoms with van der Waals surface area (Å²) in [6.45, 7) is -1.13. The van der Waals surface area contributed by atoms with Crippen molar-refractivity contribution in [1.82, 2.24) is 9.88 Å². The monoisotopic (exact) mass is 398 g/mol. The molecule has 0 spiro atoms. The standard InChI is InChI=1S/C21H20F2N4O2/c22-21(23)29-18-4-2-1-3-16(18)20(28)26-9-6-15-7-10-27(17(15)13-26)19-11-14(12-24)5-8-25-19/h1-5,8,11,15,17,21H,6-7,9-10,13H2/t15-,17-/m0/s1. The number of amides is 1. The van der Waals surface area contributed by atoms with E-state index in [1.54, 1.807) is 35.4 Å². The maximum atomic E-state index is 13.1. The molecule has 2 fully saturated rings. The van der Waals surface area contributed by atoms with Crippen LogP contribution in [-0.4, -0.2) is 48.1 Å². The second-order valence-electron chi connectivity index (χ2n) is 7.24. The summed E-state index contributed by atoms with van der Waals surface area (Å²) >= 11 is 0. The summed E-state index contributed by atoms with van der Waals surface area (Å²) in [6.07, 6.45) is 3.45. The number of pyridine rings is 1. The fourth-order valence-corrected chi connectivity index (χ4v) is 4.27. The average molecular weight is 398 g/mol. The van der Waals surface area contributed by atoms with Crippen LogP contribution in [0.1, 0.15) is 28.8 Å². The summed E-state index contributed by atoms with van der Waals surface area (Å²) in [5, 5.41) is 9.15. The van der Waals surface area contributed by atoms with Crippen LogP contribution in [0.15, 0.2) is 42.6 Å². The lowest BCUT2D eigenvalue weighted by atomic mass is 9.91. The number of para-hydroxylation sites is 1. The van der Waals surface area contributed by atoms with E-state index >= 15 is 0 Å². The number of hydrogen-bond acceptors (Lipinski definition) is 5. The summed E-state index contributed by atoms with van der Waals surface area (Å²) in [4.78, 5) is 21.3. The number of carbonyl (C=O) groups is 1. The lowest BCUT2D eigenvalue weighted by Crippen LogP contribution is -2.50. The third kappa shape index (κ3) is 3.86. The zero-order valence-electron chi connectivity index (χ0n) is 15.7. The fourth-order valence-electron chi connectivity index (χ4n) is 4.27. The molecular formula is C21H20F2N4O2. The Hall–Kier alpha value is -3.21. The highest BCUT2D eigenvalue weighted by Gasteiger charge is 2.40. The van der Waals surface area contributed by atoms with E-state index in [4.69, 9.17) is 5.26 Å². The van der Waals surface area contributed by atoms with Crippen molar-refractivity contribution < 1.29 is 18.3 Å². The maximum absolute atomic E-state index is 13.1. The summed E-state index contributed by atoms with van der Waals surface area (Å²) in [7, 11) is 0. The molecular weight excluding hydrogens is 378 g/mol. The molecule has 2 aliphatic heterocycles. The van der Waals surface area contributed by atoms with Crippen molar-refractivity contribution in [1.29, 1.82) is 5.26 Å². The molecule has 0 unspecified atom stereocenters. The number of fused-ring (bicyclic) bond motifs is 1. The number of nitriles is 1. The number of carbonyl (C=O) groups excluding carboxylic acids is 1. The van der Waals surface area contributed by atoms with Gasteiger partial charge in [-0.1, -0.05) is 12.1 Å². The number of ether oxygens (including phenoxy) is 1. The van der Waals surface area contributed by atoms with Crippen molar-refractivity contribution >= 4 is 11.7 Å². The van der Waals surface area contributed by atoms with Crippen LogP contribution in [0.5, 0.6) is 5.75 Å². The molecule has 2 saturated heterocycles. The number of aromatic nitrogens is 1. The van der Waals surface area contributed by atoms with Crippen LogP contribution in [0, 0.1) is 17.2 Å². The summed E-state index contributed by atoms with van der Waals surface area (Å²) in [5.41, 5.74) is 0.681. The summed E-state index contributed by atoms with van der Waals surface area (Å²) in [6, 6.07) is 11.7. The van der Waals surface area contributed by atoms with E-state index in [9.17, 15) is 13.6 Å². The molecule has 2 aliphatic rings. The number of alkyl halides is 2. The number of halogens is 2. The summed E-state index contributed by atoms with van der Waals surface area (Å²) < 4.78 is 29.9. The van der Waals surface area contributed by atoms with Crippen LogP contribution < -0.4 is 9.64 Å². The molecule has 0 N–H and O–H groups in total. The van der Waals surface area contributed by atoms with E-state index in [0.717, 1.165) is 25.2 Å². The molecule has 0 radical (unpaired) electrons. The molecule has 0 bridgehead atoms. The van der Waals surface area contributed by atoms with Crippen LogP contribution in [0.2, 0.25) is 0 Å². The van der Waals surface area contributed by atoms with E-state index in [-0.39, 0.29) is 23.3 Å². The number of piperidine rings is 1. The van der Waals surface area contributed by atoms with Crippen molar-refractivity contribution in [2.75, 3.05) is 24.5 Å². The Morgan fingerprint density at radius 3 is 2.83 bits per heavy atom. The zero-order chi connectivity index (χ0) is 20.4. The smallest absolute Gasteiger partial charge is 0.387 e. The number of benzene rings is 1. The van der Waals surface area contributed by atoms with Gasteiger partial charge < -0.3 is 14.5 Å². The SMILES string of the molecule is N#Cc1ccnc(N2CC[C@@H]3CCN(C(=O)c4ccccc4OC(F)F)C[C@@H]32)c1. The van der Waals surface area contributed by atoms with Gasteiger partial charge in [0.1, 0.15) is 11.6 Å². The Morgan fingerprint density at radius 1 is 1.24 bits per heavy atom. The Bertz CT molecular complexity index is 946. The van der Waals surface area contributed by atoms with Gasteiger partial charge in [-0.2, -0.15) is 14.0 Å². The maximum Gasteiger partial charge on any atom is 0.387 e. The second kappa shape index (κ2) is 8.03. The number of nitrogens with zero attached hydrogens (tertiary/aromatic N) is 4. The Balaban J connectivity index is 1.55. The average Bonchev–Trinajstić information content (AvgIpc) is 3.16. The van der Waals surface area contributed by atoms with E-state index in [1.165, 1.54) is 12.1 Å². The highest BCUT2D eigenvalue weighted by Crippen LogP contribution is 2.35. The first-order valence-corrected chi connectivity index (χ1v) is 9.52. The minimum absolute atomic E-state index is 0.0809. The third-order valence-electron chi connectivity index (χ3n) is 5.65. The van der Waals surface area contributed by atoms with Crippen molar-refractivity contribution in [2.24, 2.45) is 5.92 Å². The molecule has 4 rings (SSSR count). The molecule has 29 heavy (non-hydrogen) atoms. The first kappa shape index (κ1) is 19.1. The molecule has 1 amide bonds. The highest BCUT2D eigenvalue weighted by atomic mass is 19.3. The molecule has 1 aromatic heterocycles.